The van der Waals surface area contributed by atoms with Crippen LogP contribution in [-0.2, 0) is 0 Å². The Labute approximate surface area is 105 Å². The molecule has 0 saturated heterocycles. The van der Waals surface area contributed by atoms with Crippen LogP contribution in [-0.4, -0.2) is 14.9 Å². The summed E-state index contributed by atoms with van der Waals surface area (Å²) in [6, 6.07) is 10.3. The van der Waals surface area contributed by atoms with Crippen LogP contribution in [0.3, 0.4) is 0 Å². The average Bonchev–Trinajstić information content (AvgIpc) is 2.40. The van der Waals surface area contributed by atoms with Crippen LogP contribution in [0, 0.1) is 10.1 Å². The molecule has 5 nitrogen and oxygen atoms in total. The van der Waals surface area contributed by atoms with E-state index < -0.39 is 6.04 Å². The summed E-state index contributed by atoms with van der Waals surface area (Å²) >= 11 is 0. The summed E-state index contributed by atoms with van der Waals surface area (Å²) < 4.78 is 0. The van der Waals surface area contributed by atoms with Crippen LogP contribution >= 0.6 is 0 Å². The fraction of sp³-hybridized carbons (Fsp3) is 0.231. The van der Waals surface area contributed by atoms with Crippen molar-refractivity contribution in [2.24, 2.45) is 0 Å². The van der Waals surface area contributed by atoms with Crippen LogP contribution < -0.4 is 0 Å². The Balaban J connectivity index is 2.39. The Kier molecular flexibility index (Phi) is 3.62. The standard InChI is InChI=1S/C13H13N3O2/c1-2-12(16(17)18)11-8-9-14-13(15-11)10-6-4-3-5-7-10/h3-9,12H,2H2,1H3/t12-/m1/s1. The van der Waals surface area contributed by atoms with Gasteiger partial charge in [0.25, 0.3) is 6.04 Å². The lowest BCUT2D eigenvalue weighted by molar-refractivity contribution is -0.530. The molecule has 5 heteroatoms. The molecule has 0 saturated carbocycles. The zero-order valence-corrected chi connectivity index (χ0v) is 9.98. The Hall–Kier alpha value is -2.30. The Morgan fingerprint density at radius 1 is 1.28 bits per heavy atom. The second-order valence-corrected chi connectivity index (χ2v) is 3.88. The highest BCUT2D eigenvalue weighted by Crippen LogP contribution is 2.20. The van der Waals surface area contributed by atoms with Crippen molar-refractivity contribution in [1.82, 2.24) is 9.97 Å². The molecule has 92 valence electrons. The smallest absolute Gasteiger partial charge is 0.254 e. The van der Waals surface area contributed by atoms with Gasteiger partial charge < -0.3 is 0 Å². The average molecular weight is 243 g/mol. The molecule has 1 aromatic heterocycles. The molecule has 2 rings (SSSR count). The Morgan fingerprint density at radius 3 is 2.61 bits per heavy atom. The number of rotatable bonds is 4. The lowest BCUT2D eigenvalue weighted by atomic mass is 10.1. The zero-order chi connectivity index (χ0) is 13.0. The number of hydrogen-bond acceptors (Lipinski definition) is 4. The van der Waals surface area contributed by atoms with Gasteiger partial charge >= 0.3 is 0 Å². The van der Waals surface area contributed by atoms with E-state index in [4.69, 9.17) is 0 Å². The third kappa shape index (κ3) is 2.51. The number of benzene rings is 1. The molecule has 0 aliphatic rings. The van der Waals surface area contributed by atoms with Crippen molar-refractivity contribution < 1.29 is 4.92 Å². The molecule has 1 heterocycles. The van der Waals surface area contributed by atoms with E-state index >= 15 is 0 Å². The first-order valence-electron chi connectivity index (χ1n) is 5.74. The topological polar surface area (TPSA) is 68.9 Å². The van der Waals surface area contributed by atoms with Gasteiger partial charge in [0.1, 0.15) is 5.69 Å². The maximum atomic E-state index is 10.9. The van der Waals surface area contributed by atoms with Gasteiger partial charge in [0, 0.05) is 23.1 Å². The van der Waals surface area contributed by atoms with Crippen LogP contribution in [0.1, 0.15) is 25.1 Å². The van der Waals surface area contributed by atoms with E-state index in [9.17, 15) is 10.1 Å². The summed E-state index contributed by atoms with van der Waals surface area (Å²) in [5, 5.41) is 10.9. The van der Waals surface area contributed by atoms with E-state index in [1.165, 1.54) is 0 Å². The summed E-state index contributed by atoms with van der Waals surface area (Å²) in [4.78, 5) is 19.1. The van der Waals surface area contributed by atoms with Gasteiger partial charge in [-0.2, -0.15) is 0 Å². The highest BCUT2D eigenvalue weighted by Gasteiger charge is 2.22. The lowest BCUT2D eigenvalue weighted by Gasteiger charge is -2.07. The van der Waals surface area contributed by atoms with Crippen LogP contribution in [0.2, 0.25) is 0 Å². The largest absolute Gasteiger partial charge is 0.264 e. The molecule has 0 bridgehead atoms. The van der Waals surface area contributed by atoms with Crippen molar-refractivity contribution in [3.63, 3.8) is 0 Å². The minimum Gasteiger partial charge on any atom is -0.264 e. The zero-order valence-electron chi connectivity index (χ0n) is 9.98. The Morgan fingerprint density at radius 2 is 2.00 bits per heavy atom. The van der Waals surface area contributed by atoms with E-state index in [-0.39, 0.29) is 4.92 Å². The van der Waals surface area contributed by atoms with E-state index in [1.54, 1.807) is 19.2 Å². The first-order chi connectivity index (χ1) is 8.72. The molecule has 0 unspecified atom stereocenters. The van der Waals surface area contributed by atoms with Crippen molar-refractivity contribution in [3.05, 3.63) is 58.4 Å². The van der Waals surface area contributed by atoms with Gasteiger partial charge in [-0.25, -0.2) is 9.97 Å². The van der Waals surface area contributed by atoms with Crippen molar-refractivity contribution in [2.45, 2.75) is 19.4 Å². The monoisotopic (exact) mass is 243 g/mol. The molecule has 0 fully saturated rings. The fourth-order valence-electron chi connectivity index (χ4n) is 1.75. The van der Waals surface area contributed by atoms with Crippen LogP contribution in [0.4, 0.5) is 0 Å². The van der Waals surface area contributed by atoms with E-state index in [1.807, 2.05) is 30.3 Å². The summed E-state index contributed by atoms with van der Waals surface area (Å²) in [6.07, 6.45) is 1.98. The number of nitrogens with zero attached hydrogens (tertiary/aromatic N) is 3. The summed E-state index contributed by atoms with van der Waals surface area (Å²) in [5.41, 5.74) is 1.31. The third-order valence-electron chi connectivity index (χ3n) is 2.69. The highest BCUT2D eigenvalue weighted by molar-refractivity contribution is 5.54. The molecule has 0 aliphatic carbocycles. The van der Waals surface area contributed by atoms with Crippen LogP contribution in [0.5, 0.6) is 0 Å². The number of aromatic nitrogens is 2. The van der Waals surface area contributed by atoms with Crippen LogP contribution in [0.25, 0.3) is 11.4 Å². The van der Waals surface area contributed by atoms with Gasteiger partial charge in [0.05, 0.1) is 0 Å². The third-order valence-corrected chi connectivity index (χ3v) is 2.69. The number of nitro groups is 1. The molecule has 1 aromatic carbocycles. The molecule has 0 N–H and O–H groups in total. The number of hydrogen-bond donors (Lipinski definition) is 0. The van der Waals surface area contributed by atoms with E-state index in [0.29, 0.717) is 17.9 Å². The molecular weight excluding hydrogens is 230 g/mol. The van der Waals surface area contributed by atoms with Crippen molar-refractivity contribution in [2.75, 3.05) is 0 Å². The normalized spacial score (nSPS) is 12.1. The molecule has 18 heavy (non-hydrogen) atoms. The molecule has 0 spiro atoms. The van der Waals surface area contributed by atoms with Gasteiger partial charge in [-0.15, -0.1) is 0 Å². The maximum absolute atomic E-state index is 10.9. The predicted molar refractivity (Wildman–Crippen MR) is 67.5 cm³/mol. The van der Waals surface area contributed by atoms with Crippen LogP contribution in [0.15, 0.2) is 42.6 Å². The first kappa shape index (κ1) is 12.2. The Bertz CT molecular complexity index is 543. The van der Waals surface area contributed by atoms with Gasteiger partial charge in [-0.05, 0) is 6.07 Å². The maximum Gasteiger partial charge on any atom is 0.254 e. The second kappa shape index (κ2) is 5.35. The predicted octanol–water partition coefficient (Wildman–Crippen LogP) is 2.87. The minimum atomic E-state index is -0.768. The molecule has 2 aromatic rings. The van der Waals surface area contributed by atoms with Gasteiger partial charge in [0.2, 0.25) is 0 Å². The van der Waals surface area contributed by atoms with Crippen molar-refractivity contribution in [1.29, 1.82) is 0 Å². The molecule has 0 amide bonds. The van der Waals surface area contributed by atoms with E-state index in [0.717, 1.165) is 5.56 Å². The quantitative estimate of drug-likeness (QED) is 0.611. The highest BCUT2D eigenvalue weighted by atomic mass is 16.6. The summed E-state index contributed by atoms with van der Waals surface area (Å²) in [5.74, 6) is 0.522. The van der Waals surface area contributed by atoms with Gasteiger partial charge in [-0.3, -0.25) is 10.1 Å². The molecule has 0 aliphatic heterocycles. The van der Waals surface area contributed by atoms with Gasteiger partial charge in [0.15, 0.2) is 5.82 Å². The second-order valence-electron chi connectivity index (χ2n) is 3.88. The van der Waals surface area contributed by atoms with Crippen molar-refractivity contribution in [3.8, 4) is 11.4 Å². The molecular formula is C13H13N3O2. The SMILES string of the molecule is CC[C@H](c1ccnc(-c2ccccc2)n1)[N+](=O)[O-]. The molecule has 0 radical (unpaired) electrons. The van der Waals surface area contributed by atoms with Crippen molar-refractivity contribution >= 4 is 0 Å². The minimum absolute atomic E-state index is 0.308. The summed E-state index contributed by atoms with van der Waals surface area (Å²) in [7, 11) is 0. The lowest BCUT2D eigenvalue weighted by Crippen LogP contribution is -2.11. The van der Waals surface area contributed by atoms with Gasteiger partial charge in [-0.1, -0.05) is 37.3 Å². The van der Waals surface area contributed by atoms with E-state index in [2.05, 4.69) is 9.97 Å². The summed E-state index contributed by atoms with van der Waals surface area (Å²) in [6.45, 7) is 1.78. The first-order valence-corrected chi connectivity index (χ1v) is 5.74. The molecule has 1 atom stereocenters. The fourth-order valence-corrected chi connectivity index (χ4v) is 1.75.